The number of aliphatic hydroxyl groups is 1. The van der Waals surface area contributed by atoms with E-state index in [0.717, 1.165) is 56.0 Å². The van der Waals surface area contributed by atoms with E-state index in [1.807, 2.05) is 36.5 Å². The van der Waals surface area contributed by atoms with Crippen LogP contribution in [0.15, 0.2) is 113 Å². The van der Waals surface area contributed by atoms with Crippen molar-refractivity contribution in [3.63, 3.8) is 0 Å². The molecule has 0 aromatic heterocycles. The molecule has 6 nitrogen and oxygen atoms in total. The fraction of sp³-hybridized carbons (Fsp3) is 0.257. The fourth-order valence-electron chi connectivity index (χ4n) is 6.20. The van der Waals surface area contributed by atoms with Crippen LogP contribution in [0.4, 0.5) is 0 Å². The number of ketones is 1. The molecule has 1 saturated heterocycles. The molecule has 1 aromatic rings. The molecule has 42 heavy (non-hydrogen) atoms. The van der Waals surface area contributed by atoms with Gasteiger partial charge >= 0.3 is 0 Å². The number of carbonyl (C=O) groups is 1. The Balaban J connectivity index is 1.68. The van der Waals surface area contributed by atoms with Crippen LogP contribution in [0.25, 0.3) is 5.57 Å². The Hall–Kier alpha value is -4.10. The van der Waals surface area contributed by atoms with Gasteiger partial charge in [0.15, 0.2) is 5.78 Å². The topological polar surface area (TPSA) is 86.4 Å². The van der Waals surface area contributed by atoms with Gasteiger partial charge in [0.25, 0.3) is 0 Å². The number of nitrogens with zero attached hydrogens (tertiary/aromatic N) is 3. The number of fused-ring (bicyclic) bond motifs is 5. The maximum absolute atomic E-state index is 12.7. The quantitative estimate of drug-likeness (QED) is 0.330. The first-order chi connectivity index (χ1) is 19.8. The average molecular weight is 622 g/mol. The molecular formula is C35H33BrN4O2. The molecule has 5 heterocycles. The number of nitrogens with one attached hydrogen (secondary N) is 1. The van der Waals surface area contributed by atoms with Crippen molar-refractivity contribution >= 4 is 44.4 Å². The van der Waals surface area contributed by atoms with Crippen molar-refractivity contribution in [2.45, 2.75) is 54.9 Å². The molecule has 6 rings (SSSR count). The number of hydrogen-bond donors (Lipinski definition) is 2. The summed E-state index contributed by atoms with van der Waals surface area (Å²) in [4.78, 5) is 27.7. The van der Waals surface area contributed by atoms with E-state index in [4.69, 9.17) is 15.0 Å². The van der Waals surface area contributed by atoms with Crippen LogP contribution in [0.5, 0.6) is 0 Å². The van der Waals surface area contributed by atoms with Crippen LogP contribution in [-0.2, 0) is 4.79 Å². The lowest BCUT2D eigenvalue weighted by atomic mass is 9.87. The molecule has 2 N–H and O–H groups in total. The molecule has 0 saturated carbocycles. The summed E-state index contributed by atoms with van der Waals surface area (Å²) < 4.78 is 0.792. The van der Waals surface area contributed by atoms with E-state index in [1.165, 1.54) is 5.56 Å². The maximum Gasteiger partial charge on any atom is 0.162 e. The molecule has 7 heteroatoms. The maximum atomic E-state index is 12.7. The van der Waals surface area contributed by atoms with Gasteiger partial charge in [-0.25, -0.2) is 15.0 Å². The van der Waals surface area contributed by atoms with Gasteiger partial charge in [-0.3, -0.25) is 4.79 Å². The Morgan fingerprint density at radius 3 is 2.29 bits per heavy atom. The SMILES string of the molecule is CC(=O)C1=CC2=NC1=CC1=NC(=C(c3c(C)cc(C)cc3C)C3=C/C(=C(/C)O)C(=N3)C=C3CC(C)(C)C(=C2)N3)C=C1Br. The third-order valence-electron chi connectivity index (χ3n) is 8.11. The van der Waals surface area contributed by atoms with Crippen LogP contribution >= 0.6 is 15.9 Å². The molecule has 212 valence electrons. The summed E-state index contributed by atoms with van der Waals surface area (Å²) in [5.41, 5.74) is 12.6. The van der Waals surface area contributed by atoms with Gasteiger partial charge in [-0.2, -0.15) is 0 Å². The summed E-state index contributed by atoms with van der Waals surface area (Å²) in [6.07, 6.45) is 12.5. The van der Waals surface area contributed by atoms with E-state index in [-0.39, 0.29) is 17.0 Å². The molecular weight excluding hydrogens is 588 g/mol. The number of benzene rings is 1. The van der Waals surface area contributed by atoms with E-state index in [2.05, 4.69) is 68.0 Å². The molecule has 0 amide bonds. The molecule has 0 unspecified atom stereocenters. The summed E-state index contributed by atoms with van der Waals surface area (Å²) >= 11 is 3.73. The molecule has 0 spiro atoms. The number of halogens is 1. The number of rotatable bonds is 2. The average Bonchev–Trinajstić information content (AvgIpc) is 3.62. The third kappa shape index (κ3) is 4.86. The van der Waals surface area contributed by atoms with E-state index in [0.29, 0.717) is 34.0 Å². The second-order valence-electron chi connectivity index (χ2n) is 12.1. The minimum absolute atomic E-state index is 0.0482. The zero-order chi connectivity index (χ0) is 30.1. The van der Waals surface area contributed by atoms with Gasteiger partial charge in [-0.1, -0.05) is 31.5 Å². The highest BCUT2D eigenvalue weighted by Gasteiger charge is 2.34. The van der Waals surface area contributed by atoms with Crippen molar-refractivity contribution < 1.29 is 9.90 Å². The first-order valence-corrected chi connectivity index (χ1v) is 14.8. The summed E-state index contributed by atoms with van der Waals surface area (Å²) in [5.74, 6) is 0.159. The lowest BCUT2D eigenvalue weighted by Gasteiger charge is -2.17. The Kier molecular flexibility index (Phi) is 6.69. The highest BCUT2D eigenvalue weighted by molar-refractivity contribution is 9.12. The highest BCUT2D eigenvalue weighted by atomic mass is 79.9. The minimum atomic E-state index is -0.190. The Morgan fingerprint density at radius 1 is 0.905 bits per heavy atom. The molecule has 1 aromatic carbocycles. The standard InChI is InChI=1S/C35H33BrN4O2/c1-17-8-18(2)33(19(3)9-17)34-30-13-25(21(5)42)27(39-30)11-23-16-35(6,7)32(38-23)12-22-10-24(20(4)41)28(37-22)15-29-26(36)14-31(34)40-29/h8-15,38,42H,16H2,1-7H3/b23-11?,25-21+,28-15?,32-12?,34-31?. The first-order valence-electron chi connectivity index (χ1n) is 14.0. The monoisotopic (exact) mass is 620 g/mol. The predicted octanol–water partition coefficient (Wildman–Crippen LogP) is 7.88. The number of Topliss-reactive ketones (excluding diaryl/α,β-unsaturated/α-hetero) is 1. The predicted molar refractivity (Wildman–Crippen MR) is 175 cm³/mol. The zero-order valence-corrected chi connectivity index (χ0v) is 26.5. The van der Waals surface area contributed by atoms with Crippen LogP contribution in [-0.4, -0.2) is 28.0 Å². The summed E-state index contributed by atoms with van der Waals surface area (Å²) in [5, 5.41) is 14.3. The Bertz CT molecular complexity index is 1840. The lowest BCUT2D eigenvalue weighted by Crippen LogP contribution is -2.14. The van der Waals surface area contributed by atoms with Crippen molar-refractivity contribution in [2.75, 3.05) is 0 Å². The zero-order valence-electron chi connectivity index (χ0n) is 24.9. The largest absolute Gasteiger partial charge is 0.512 e. The smallest absolute Gasteiger partial charge is 0.162 e. The Morgan fingerprint density at radius 2 is 1.62 bits per heavy atom. The van der Waals surface area contributed by atoms with Gasteiger partial charge in [0.1, 0.15) is 0 Å². The van der Waals surface area contributed by atoms with Crippen molar-refractivity contribution in [1.29, 1.82) is 0 Å². The van der Waals surface area contributed by atoms with E-state index >= 15 is 0 Å². The summed E-state index contributed by atoms with van der Waals surface area (Å²) in [6.45, 7) is 13.9. The Labute approximate surface area is 255 Å². The van der Waals surface area contributed by atoms with Crippen LogP contribution in [0, 0.1) is 26.2 Å². The van der Waals surface area contributed by atoms with Crippen LogP contribution in [0.1, 0.15) is 56.4 Å². The molecule has 0 atom stereocenters. The van der Waals surface area contributed by atoms with Crippen LogP contribution < -0.4 is 5.32 Å². The molecule has 0 radical (unpaired) electrons. The number of aliphatic hydroxyl groups excluding tert-OH is 1. The van der Waals surface area contributed by atoms with Gasteiger partial charge in [-0.05, 0) is 110 Å². The van der Waals surface area contributed by atoms with Crippen LogP contribution in [0.3, 0.4) is 0 Å². The normalized spacial score (nSPS) is 21.9. The van der Waals surface area contributed by atoms with E-state index in [9.17, 15) is 9.90 Å². The highest BCUT2D eigenvalue weighted by Crippen LogP contribution is 2.42. The van der Waals surface area contributed by atoms with Gasteiger partial charge in [0.05, 0.1) is 40.0 Å². The van der Waals surface area contributed by atoms with Gasteiger partial charge in [-0.15, -0.1) is 0 Å². The second-order valence-corrected chi connectivity index (χ2v) is 13.0. The molecule has 0 aliphatic carbocycles. The molecule has 8 bridgehead atoms. The molecule has 5 aliphatic rings. The van der Waals surface area contributed by atoms with Crippen molar-refractivity contribution in [1.82, 2.24) is 5.32 Å². The van der Waals surface area contributed by atoms with Crippen molar-refractivity contribution in [2.24, 2.45) is 20.4 Å². The van der Waals surface area contributed by atoms with Gasteiger partial charge in [0.2, 0.25) is 0 Å². The van der Waals surface area contributed by atoms with Crippen LogP contribution in [0.2, 0.25) is 0 Å². The minimum Gasteiger partial charge on any atom is -0.512 e. The number of aliphatic imine (C=N–C) groups is 3. The second kappa shape index (κ2) is 10.0. The van der Waals surface area contributed by atoms with E-state index < -0.39 is 0 Å². The summed E-state index contributed by atoms with van der Waals surface area (Å²) in [7, 11) is 0. The van der Waals surface area contributed by atoms with Crippen molar-refractivity contribution in [3.8, 4) is 0 Å². The fourth-order valence-corrected chi connectivity index (χ4v) is 6.62. The number of hydrogen-bond acceptors (Lipinski definition) is 6. The number of aryl methyl sites for hydroxylation is 3. The molecule has 5 aliphatic heterocycles. The lowest BCUT2D eigenvalue weighted by molar-refractivity contribution is -0.113. The van der Waals surface area contributed by atoms with Gasteiger partial charge < -0.3 is 10.4 Å². The van der Waals surface area contributed by atoms with E-state index in [1.54, 1.807) is 13.8 Å². The summed E-state index contributed by atoms with van der Waals surface area (Å²) in [6, 6.07) is 4.34. The van der Waals surface area contributed by atoms with Gasteiger partial charge in [0, 0.05) is 38.0 Å². The number of allylic oxidation sites excluding steroid dienone is 13. The number of carbonyl (C=O) groups excluding carboxylic acids is 1. The molecule has 1 fully saturated rings. The first kappa shape index (κ1) is 28.0. The van der Waals surface area contributed by atoms with Crippen molar-refractivity contribution in [3.05, 3.63) is 121 Å². The third-order valence-corrected chi connectivity index (χ3v) is 8.74.